The number of rotatable bonds is 5. The van der Waals surface area contributed by atoms with Crippen molar-refractivity contribution in [3.05, 3.63) is 53.1 Å². The number of phenolic OH excluding ortho intramolecular Hbond substituents is 1. The Morgan fingerprint density at radius 1 is 1.19 bits per heavy atom. The Kier molecular flexibility index (Phi) is 5.46. The van der Waals surface area contributed by atoms with E-state index in [4.69, 9.17) is 4.74 Å². The van der Waals surface area contributed by atoms with Crippen molar-refractivity contribution in [3.8, 4) is 11.5 Å². The number of fused-ring (bicyclic) bond motifs is 1. The Morgan fingerprint density at radius 2 is 1.96 bits per heavy atom. The molecule has 0 radical (unpaired) electrons. The van der Waals surface area contributed by atoms with Gasteiger partial charge in [0.1, 0.15) is 17.1 Å². The smallest absolute Gasteiger partial charge is 0.341 e. The van der Waals surface area contributed by atoms with Crippen LogP contribution >= 0.6 is 11.8 Å². The van der Waals surface area contributed by atoms with E-state index in [1.54, 1.807) is 0 Å². The molecule has 3 rings (SSSR count). The lowest BCUT2D eigenvalue weighted by Crippen LogP contribution is -2.23. The van der Waals surface area contributed by atoms with Crippen molar-refractivity contribution in [2.24, 2.45) is 0 Å². The van der Waals surface area contributed by atoms with E-state index in [-0.39, 0.29) is 29.1 Å². The lowest BCUT2D eigenvalue weighted by molar-refractivity contribution is 0.0597. The largest absolute Gasteiger partial charge is 0.507 e. The van der Waals surface area contributed by atoms with Crippen molar-refractivity contribution in [3.63, 3.8) is 0 Å². The zero-order valence-electron chi connectivity index (χ0n) is 15.6. The van der Waals surface area contributed by atoms with Crippen LogP contribution in [0.1, 0.15) is 46.5 Å². The predicted molar refractivity (Wildman–Crippen MR) is 104 cm³/mol. The van der Waals surface area contributed by atoms with Gasteiger partial charge in [-0.3, -0.25) is 4.79 Å². The first-order valence-corrected chi connectivity index (χ1v) is 9.65. The SMILES string of the molecule is COC(=O)c1ccc(OCC(=O)c2ccc3c(c2)C(C)(C)CCS3)cc1O. The Labute approximate surface area is 162 Å². The van der Waals surface area contributed by atoms with Gasteiger partial charge in [-0.2, -0.15) is 0 Å². The number of phenols is 1. The number of benzene rings is 2. The molecule has 0 fully saturated rings. The second kappa shape index (κ2) is 7.64. The number of hydrogen-bond acceptors (Lipinski definition) is 6. The number of hydrogen-bond donors (Lipinski definition) is 1. The Bertz CT molecular complexity index is 888. The summed E-state index contributed by atoms with van der Waals surface area (Å²) in [5.74, 6) is 0.369. The number of methoxy groups -OCH3 is 1. The quantitative estimate of drug-likeness (QED) is 0.613. The molecule has 142 valence electrons. The maximum absolute atomic E-state index is 12.6. The first-order chi connectivity index (χ1) is 12.8. The van der Waals surface area contributed by atoms with E-state index in [1.165, 1.54) is 35.8 Å². The van der Waals surface area contributed by atoms with Crippen molar-refractivity contribution >= 4 is 23.5 Å². The molecule has 1 aliphatic heterocycles. The molecule has 0 bridgehead atoms. The van der Waals surface area contributed by atoms with Gasteiger partial charge in [0, 0.05) is 16.5 Å². The van der Waals surface area contributed by atoms with Crippen LogP contribution in [0.2, 0.25) is 0 Å². The maximum atomic E-state index is 12.6. The highest BCUT2D eigenvalue weighted by atomic mass is 32.2. The van der Waals surface area contributed by atoms with Crippen LogP contribution < -0.4 is 4.74 Å². The van der Waals surface area contributed by atoms with Crippen molar-refractivity contribution in [1.82, 2.24) is 0 Å². The first-order valence-electron chi connectivity index (χ1n) is 8.66. The van der Waals surface area contributed by atoms with Crippen molar-refractivity contribution in [2.75, 3.05) is 19.5 Å². The van der Waals surface area contributed by atoms with Gasteiger partial charge in [-0.1, -0.05) is 19.9 Å². The van der Waals surface area contributed by atoms with E-state index in [2.05, 4.69) is 18.6 Å². The number of aromatic hydroxyl groups is 1. The molecular weight excluding hydrogens is 364 g/mol. The van der Waals surface area contributed by atoms with E-state index in [0.717, 1.165) is 12.2 Å². The standard InChI is InChI=1S/C21H22O5S/c1-21(2)8-9-27-19-7-4-13(10-16(19)21)18(23)12-26-14-5-6-15(17(22)11-14)20(24)25-3/h4-7,10-11,22H,8-9,12H2,1-3H3. The summed E-state index contributed by atoms with van der Waals surface area (Å²) in [5, 5.41) is 9.90. The highest BCUT2D eigenvalue weighted by molar-refractivity contribution is 7.99. The third-order valence-electron chi connectivity index (χ3n) is 4.76. The highest BCUT2D eigenvalue weighted by Gasteiger charge is 2.28. The maximum Gasteiger partial charge on any atom is 0.341 e. The van der Waals surface area contributed by atoms with Crippen LogP contribution in [-0.2, 0) is 10.2 Å². The van der Waals surface area contributed by atoms with Gasteiger partial charge in [-0.05, 0) is 47.4 Å². The normalized spacial score (nSPS) is 14.9. The summed E-state index contributed by atoms with van der Waals surface area (Å²) in [4.78, 5) is 25.3. The van der Waals surface area contributed by atoms with E-state index < -0.39 is 5.97 Å². The predicted octanol–water partition coefficient (Wildman–Crippen LogP) is 4.21. The molecule has 0 atom stereocenters. The van der Waals surface area contributed by atoms with Crippen LogP contribution in [0.5, 0.6) is 11.5 Å². The molecule has 0 aliphatic carbocycles. The molecule has 0 saturated heterocycles. The molecule has 27 heavy (non-hydrogen) atoms. The fraction of sp³-hybridized carbons (Fsp3) is 0.333. The summed E-state index contributed by atoms with van der Waals surface area (Å²) in [6.07, 6.45) is 1.07. The number of carbonyl (C=O) groups excluding carboxylic acids is 2. The van der Waals surface area contributed by atoms with Crippen LogP contribution in [0, 0.1) is 0 Å². The van der Waals surface area contributed by atoms with Crippen molar-refractivity contribution < 1.29 is 24.2 Å². The van der Waals surface area contributed by atoms with Gasteiger partial charge in [-0.15, -0.1) is 11.8 Å². The Morgan fingerprint density at radius 3 is 2.67 bits per heavy atom. The molecule has 2 aromatic rings. The number of thioether (sulfide) groups is 1. The van der Waals surface area contributed by atoms with E-state index in [9.17, 15) is 14.7 Å². The average molecular weight is 386 g/mol. The molecule has 0 amide bonds. The third-order valence-corrected chi connectivity index (χ3v) is 5.83. The fourth-order valence-corrected chi connectivity index (χ4v) is 4.51. The first kappa shape index (κ1) is 19.3. The molecule has 0 spiro atoms. The number of ether oxygens (including phenoxy) is 2. The van der Waals surface area contributed by atoms with E-state index in [0.29, 0.717) is 11.3 Å². The van der Waals surface area contributed by atoms with Gasteiger partial charge in [0.15, 0.2) is 12.4 Å². The molecular formula is C21H22O5S. The highest BCUT2D eigenvalue weighted by Crippen LogP contribution is 2.41. The van der Waals surface area contributed by atoms with Gasteiger partial charge in [0.2, 0.25) is 0 Å². The van der Waals surface area contributed by atoms with Crippen molar-refractivity contribution in [1.29, 1.82) is 0 Å². The van der Waals surface area contributed by atoms with Crippen LogP contribution in [0.3, 0.4) is 0 Å². The van der Waals surface area contributed by atoms with Gasteiger partial charge in [0.25, 0.3) is 0 Å². The second-order valence-corrected chi connectivity index (χ2v) is 8.21. The molecule has 1 heterocycles. The summed E-state index contributed by atoms with van der Waals surface area (Å²) in [6.45, 7) is 4.24. The number of esters is 1. The minimum Gasteiger partial charge on any atom is -0.507 e. The Hall–Kier alpha value is -2.47. The number of Topliss-reactive ketones (excluding diaryl/α,β-unsaturated/α-hetero) is 1. The van der Waals surface area contributed by atoms with Crippen LogP contribution in [0.25, 0.3) is 0 Å². The van der Waals surface area contributed by atoms with E-state index >= 15 is 0 Å². The summed E-state index contributed by atoms with van der Waals surface area (Å²) < 4.78 is 10.1. The lowest BCUT2D eigenvalue weighted by atomic mass is 9.81. The summed E-state index contributed by atoms with van der Waals surface area (Å²) in [6, 6.07) is 10.0. The molecule has 0 aromatic heterocycles. The van der Waals surface area contributed by atoms with Gasteiger partial charge in [0.05, 0.1) is 7.11 Å². The molecule has 2 aromatic carbocycles. The minimum absolute atomic E-state index is 0.0468. The third kappa shape index (κ3) is 4.11. The van der Waals surface area contributed by atoms with Crippen molar-refractivity contribution in [2.45, 2.75) is 30.6 Å². The average Bonchev–Trinajstić information content (AvgIpc) is 2.65. The zero-order chi connectivity index (χ0) is 19.6. The topological polar surface area (TPSA) is 72.8 Å². The number of ketones is 1. The van der Waals surface area contributed by atoms with Gasteiger partial charge in [-0.25, -0.2) is 4.79 Å². The molecule has 0 saturated carbocycles. The Balaban J connectivity index is 1.72. The van der Waals surface area contributed by atoms with Crippen LogP contribution in [-0.4, -0.2) is 36.3 Å². The van der Waals surface area contributed by atoms with Gasteiger partial charge < -0.3 is 14.6 Å². The minimum atomic E-state index is -0.635. The lowest BCUT2D eigenvalue weighted by Gasteiger charge is -2.32. The summed E-state index contributed by atoms with van der Waals surface area (Å²) >= 11 is 1.82. The summed E-state index contributed by atoms with van der Waals surface area (Å²) in [7, 11) is 1.24. The molecule has 1 aliphatic rings. The summed E-state index contributed by atoms with van der Waals surface area (Å²) in [5.41, 5.74) is 1.91. The monoisotopic (exact) mass is 386 g/mol. The molecule has 6 heteroatoms. The zero-order valence-corrected chi connectivity index (χ0v) is 16.4. The molecule has 0 unspecified atom stereocenters. The number of carbonyl (C=O) groups is 2. The fourth-order valence-electron chi connectivity index (χ4n) is 3.03. The molecule has 5 nitrogen and oxygen atoms in total. The van der Waals surface area contributed by atoms with Gasteiger partial charge >= 0.3 is 5.97 Å². The van der Waals surface area contributed by atoms with E-state index in [1.807, 2.05) is 30.0 Å². The second-order valence-electron chi connectivity index (χ2n) is 7.08. The van der Waals surface area contributed by atoms with Crippen LogP contribution in [0.4, 0.5) is 0 Å². The molecule has 1 N–H and O–H groups in total. The van der Waals surface area contributed by atoms with Crippen LogP contribution in [0.15, 0.2) is 41.3 Å².